The van der Waals surface area contributed by atoms with E-state index in [-0.39, 0.29) is 0 Å². The van der Waals surface area contributed by atoms with Gasteiger partial charge in [-0.25, -0.2) is 4.98 Å². The minimum atomic E-state index is 0.619. The lowest BCUT2D eigenvalue weighted by Gasteiger charge is -2.25. The van der Waals surface area contributed by atoms with Crippen LogP contribution in [0.25, 0.3) is 0 Å². The van der Waals surface area contributed by atoms with E-state index in [1.54, 1.807) is 12.3 Å². The summed E-state index contributed by atoms with van der Waals surface area (Å²) in [4.78, 5) is 6.48. The normalized spacial score (nSPS) is 11.9. The number of aromatic nitrogens is 1. The molecule has 1 atom stereocenters. The highest BCUT2D eigenvalue weighted by atomic mass is 15.2. The number of pyridine rings is 1. The van der Waals surface area contributed by atoms with Gasteiger partial charge in [-0.15, -0.1) is 0 Å². The van der Waals surface area contributed by atoms with E-state index in [2.05, 4.69) is 36.7 Å². The maximum atomic E-state index is 9.04. The van der Waals surface area contributed by atoms with Gasteiger partial charge in [-0.3, -0.25) is 0 Å². The van der Waals surface area contributed by atoms with E-state index in [1.807, 2.05) is 6.07 Å². The predicted molar refractivity (Wildman–Crippen MR) is 66.3 cm³/mol. The molecule has 3 heteroatoms. The van der Waals surface area contributed by atoms with E-state index < -0.39 is 0 Å². The maximum absolute atomic E-state index is 9.04. The Balaban J connectivity index is 2.91. The maximum Gasteiger partial charge on any atom is 0.146 e. The summed E-state index contributed by atoms with van der Waals surface area (Å²) < 4.78 is 0. The van der Waals surface area contributed by atoms with Crippen LogP contribution >= 0.6 is 0 Å². The molecule has 1 aromatic heterocycles. The quantitative estimate of drug-likeness (QED) is 0.761. The Bertz CT molecular complexity index is 368. The third-order valence-electron chi connectivity index (χ3n) is 2.82. The minimum Gasteiger partial charge on any atom is -0.356 e. The summed E-state index contributed by atoms with van der Waals surface area (Å²) in [5.74, 6) is 1.43. The van der Waals surface area contributed by atoms with E-state index >= 15 is 0 Å². The van der Waals surface area contributed by atoms with Crippen molar-refractivity contribution in [2.45, 2.75) is 27.2 Å². The molecule has 0 spiro atoms. The van der Waals surface area contributed by atoms with Gasteiger partial charge in [-0.1, -0.05) is 20.3 Å². The first-order chi connectivity index (χ1) is 7.72. The van der Waals surface area contributed by atoms with Gasteiger partial charge in [0.05, 0.1) is 5.56 Å². The standard InChI is InChI=1S/C13H19N3/c1-4-11(3)10-16(5-2)13-12(9-14)7-6-8-15-13/h6-8,11H,4-5,10H2,1-3H3. The smallest absolute Gasteiger partial charge is 0.146 e. The Kier molecular flexibility index (Phi) is 4.78. The third-order valence-corrected chi connectivity index (χ3v) is 2.82. The molecule has 0 aliphatic rings. The van der Waals surface area contributed by atoms with Crippen LogP contribution in [0.5, 0.6) is 0 Å². The van der Waals surface area contributed by atoms with E-state index in [0.717, 1.165) is 25.3 Å². The molecular weight excluding hydrogens is 198 g/mol. The van der Waals surface area contributed by atoms with Crippen molar-refractivity contribution in [2.75, 3.05) is 18.0 Å². The second-order valence-electron chi connectivity index (χ2n) is 4.04. The molecule has 0 bridgehead atoms. The summed E-state index contributed by atoms with van der Waals surface area (Å²) in [5.41, 5.74) is 0.660. The fourth-order valence-corrected chi connectivity index (χ4v) is 1.61. The first-order valence-electron chi connectivity index (χ1n) is 5.82. The number of nitrogens with zero attached hydrogens (tertiary/aromatic N) is 3. The van der Waals surface area contributed by atoms with Gasteiger partial charge in [0.15, 0.2) is 0 Å². The Morgan fingerprint density at radius 1 is 1.50 bits per heavy atom. The third kappa shape index (κ3) is 2.96. The van der Waals surface area contributed by atoms with Crippen molar-refractivity contribution in [1.82, 2.24) is 4.98 Å². The molecule has 1 unspecified atom stereocenters. The van der Waals surface area contributed by atoms with Crippen LogP contribution in [-0.4, -0.2) is 18.1 Å². The monoisotopic (exact) mass is 217 g/mol. The second kappa shape index (κ2) is 6.12. The van der Waals surface area contributed by atoms with Crippen LogP contribution in [0.1, 0.15) is 32.8 Å². The number of anilines is 1. The molecule has 0 amide bonds. The fourth-order valence-electron chi connectivity index (χ4n) is 1.61. The van der Waals surface area contributed by atoms with Crippen LogP contribution in [0, 0.1) is 17.2 Å². The summed E-state index contributed by atoms with van der Waals surface area (Å²) in [5, 5.41) is 9.04. The Hall–Kier alpha value is -1.56. The van der Waals surface area contributed by atoms with Crippen LogP contribution in [0.3, 0.4) is 0 Å². The van der Waals surface area contributed by atoms with E-state index in [9.17, 15) is 0 Å². The lowest BCUT2D eigenvalue weighted by Crippen LogP contribution is -2.29. The molecule has 1 aromatic rings. The first-order valence-corrected chi connectivity index (χ1v) is 5.82. The average Bonchev–Trinajstić information content (AvgIpc) is 2.35. The second-order valence-corrected chi connectivity index (χ2v) is 4.04. The molecule has 0 fully saturated rings. The van der Waals surface area contributed by atoms with Crippen molar-refractivity contribution in [1.29, 1.82) is 5.26 Å². The summed E-state index contributed by atoms with van der Waals surface area (Å²) in [7, 11) is 0. The number of nitriles is 1. The van der Waals surface area contributed by atoms with Gasteiger partial charge in [0.2, 0.25) is 0 Å². The zero-order valence-corrected chi connectivity index (χ0v) is 10.3. The summed E-state index contributed by atoms with van der Waals surface area (Å²) >= 11 is 0. The molecule has 0 radical (unpaired) electrons. The molecule has 0 saturated carbocycles. The van der Waals surface area contributed by atoms with Crippen molar-refractivity contribution in [2.24, 2.45) is 5.92 Å². The molecule has 0 aromatic carbocycles. The van der Waals surface area contributed by atoms with Gasteiger partial charge in [-0.05, 0) is 25.0 Å². The van der Waals surface area contributed by atoms with E-state index in [1.165, 1.54) is 0 Å². The molecular formula is C13H19N3. The van der Waals surface area contributed by atoms with E-state index in [0.29, 0.717) is 11.5 Å². The number of rotatable bonds is 5. The van der Waals surface area contributed by atoms with Crippen LogP contribution in [0.4, 0.5) is 5.82 Å². The van der Waals surface area contributed by atoms with Crippen molar-refractivity contribution in [3.05, 3.63) is 23.9 Å². The summed E-state index contributed by atoms with van der Waals surface area (Å²) in [6, 6.07) is 5.82. The largest absolute Gasteiger partial charge is 0.356 e. The Morgan fingerprint density at radius 2 is 2.25 bits per heavy atom. The number of hydrogen-bond acceptors (Lipinski definition) is 3. The van der Waals surface area contributed by atoms with Gasteiger partial charge >= 0.3 is 0 Å². The van der Waals surface area contributed by atoms with Gasteiger partial charge in [-0.2, -0.15) is 5.26 Å². The number of hydrogen-bond donors (Lipinski definition) is 0. The van der Waals surface area contributed by atoms with Crippen LogP contribution in [0.15, 0.2) is 18.3 Å². The molecule has 1 rings (SSSR count). The van der Waals surface area contributed by atoms with Crippen LogP contribution < -0.4 is 4.90 Å². The first kappa shape index (κ1) is 12.5. The van der Waals surface area contributed by atoms with Gasteiger partial charge in [0.1, 0.15) is 11.9 Å². The lowest BCUT2D eigenvalue weighted by molar-refractivity contribution is 0.545. The Labute approximate surface area is 97.7 Å². The van der Waals surface area contributed by atoms with Crippen LogP contribution in [0.2, 0.25) is 0 Å². The zero-order valence-electron chi connectivity index (χ0n) is 10.3. The van der Waals surface area contributed by atoms with Gasteiger partial charge in [0, 0.05) is 19.3 Å². The summed E-state index contributed by atoms with van der Waals surface area (Å²) in [6.07, 6.45) is 2.89. The van der Waals surface area contributed by atoms with Crippen molar-refractivity contribution in [3.63, 3.8) is 0 Å². The van der Waals surface area contributed by atoms with Gasteiger partial charge < -0.3 is 4.90 Å². The lowest BCUT2D eigenvalue weighted by atomic mass is 10.1. The molecule has 0 N–H and O–H groups in total. The molecule has 3 nitrogen and oxygen atoms in total. The van der Waals surface area contributed by atoms with E-state index in [4.69, 9.17) is 5.26 Å². The minimum absolute atomic E-state index is 0.619. The highest BCUT2D eigenvalue weighted by Crippen LogP contribution is 2.18. The molecule has 0 saturated heterocycles. The predicted octanol–water partition coefficient (Wildman–Crippen LogP) is 2.83. The van der Waals surface area contributed by atoms with Crippen molar-refractivity contribution in [3.8, 4) is 6.07 Å². The Morgan fingerprint density at radius 3 is 2.81 bits per heavy atom. The summed E-state index contributed by atoms with van der Waals surface area (Å²) in [6.45, 7) is 8.34. The highest BCUT2D eigenvalue weighted by molar-refractivity contribution is 5.53. The molecule has 0 aliphatic heterocycles. The highest BCUT2D eigenvalue weighted by Gasteiger charge is 2.12. The topological polar surface area (TPSA) is 39.9 Å². The zero-order chi connectivity index (χ0) is 12.0. The molecule has 16 heavy (non-hydrogen) atoms. The fraction of sp³-hybridized carbons (Fsp3) is 0.538. The molecule has 86 valence electrons. The average molecular weight is 217 g/mol. The molecule has 1 heterocycles. The molecule has 0 aliphatic carbocycles. The SMILES string of the molecule is CCC(C)CN(CC)c1ncccc1C#N. The van der Waals surface area contributed by atoms with Gasteiger partial charge in [0.25, 0.3) is 0 Å². The van der Waals surface area contributed by atoms with Crippen molar-refractivity contribution >= 4 is 5.82 Å². The van der Waals surface area contributed by atoms with Crippen molar-refractivity contribution < 1.29 is 0 Å². The van der Waals surface area contributed by atoms with Crippen LogP contribution in [-0.2, 0) is 0 Å².